The van der Waals surface area contributed by atoms with E-state index in [1.54, 1.807) is 11.8 Å². The Morgan fingerprint density at radius 2 is 1.95 bits per heavy atom. The lowest BCUT2D eigenvalue weighted by molar-refractivity contribution is -0.119. The summed E-state index contributed by atoms with van der Waals surface area (Å²) in [5.41, 5.74) is 1.25. The molecule has 0 radical (unpaired) electrons. The van der Waals surface area contributed by atoms with Crippen molar-refractivity contribution in [3.63, 3.8) is 0 Å². The molecule has 2 atom stereocenters. The Morgan fingerprint density at radius 3 is 2.63 bits per heavy atom. The first-order valence-corrected chi connectivity index (χ1v) is 8.12. The van der Waals surface area contributed by atoms with Crippen LogP contribution in [0, 0.1) is 12.8 Å². The fourth-order valence-electron chi connectivity index (χ4n) is 2.56. The molecule has 3 heteroatoms. The molecule has 1 aliphatic rings. The minimum atomic E-state index is 0.171. The summed E-state index contributed by atoms with van der Waals surface area (Å²) in [4.78, 5) is 13.1. The second-order valence-corrected chi connectivity index (χ2v) is 6.59. The lowest BCUT2D eigenvalue weighted by Gasteiger charge is -2.29. The number of aryl methyl sites for hydroxylation is 1. The van der Waals surface area contributed by atoms with Crippen LogP contribution in [0.4, 0.5) is 0 Å². The van der Waals surface area contributed by atoms with Gasteiger partial charge in [0.1, 0.15) is 0 Å². The first-order valence-electron chi connectivity index (χ1n) is 7.14. The lowest BCUT2D eigenvalue weighted by atomic mass is 9.86. The minimum Gasteiger partial charge on any atom is -0.352 e. The molecule has 1 saturated carbocycles. The van der Waals surface area contributed by atoms with E-state index in [4.69, 9.17) is 0 Å². The first-order chi connectivity index (χ1) is 9.15. The van der Waals surface area contributed by atoms with Crippen molar-refractivity contribution in [2.45, 2.75) is 50.5 Å². The zero-order chi connectivity index (χ0) is 13.7. The van der Waals surface area contributed by atoms with Gasteiger partial charge in [-0.3, -0.25) is 4.79 Å². The van der Waals surface area contributed by atoms with Gasteiger partial charge in [0.25, 0.3) is 0 Å². The second kappa shape index (κ2) is 6.99. The Balaban J connectivity index is 1.76. The van der Waals surface area contributed by atoms with Crippen molar-refractivity contribution >= 4 is 17.7 Å². The van der Waals surface area contributed by atoms with Crippen LogP contribution in [0.3, 0.4) is 0 Å². The molecule has 1 N–H and O–H groups in total. The van der Waals surface area contributed by atoms with Gasteiger partial charge in [-0.05, 0) is 37.8 Å². The molecule has 0 heterocycles. The van der Waals surface area contributed by atoms with E-state index < -0.39 is 0 Å². The van der Waals surface area contributed by atoms with Crippen LogP contribution in [0.1, 0.15) is 38.2 Å². The van der Waals surface area contributed by atoms with Crippen molar-refractivity contribution in [2.75, 3.05) is 5.75 Å². The van der Waals surface area contributed by atoms with Gasteiger partial charge < -0.3 is 5.32 Å². The number of benzene rings is 1. The minimum absolute atomic E-state index is 0.171. The maximum Gasteiger partial charge on any atom is 0.230 e. The summed E-state index contributed by atoms with van der Waals surface area (Å²) in [5.74, 6) is 1.32. The van der Waals surface area contributed by atoms with Crippen LogP contribution < -0.4 is 5.32 Å². The highest BCUT2D eigenvalue weighted by Gasteiger charge is 2.22. The van der Waals surface area contributed by atoms with Crippen molar-refractivity contribution in [1.29, 1.82) is 0 Å². The third-order valence-corrected chi connectivity index (χ3v) is 4.86. The molecule has 1 amide bonds. The summed E-state index contributed by atoms with van der Waals surface area (Å²) >= 11 is 1.61. The van der Waals surface area contributed by atoms with E-state index in [0.29, 0.717) is 17.7 Å². The molecule has 0 bridgehead atoms. The summed E-state index contributed by atoms with van der Waals surface area (Å²) in [5, 5.41) is 3.19. The largest absolute Gasteiger partial charge is 0.352 e. The van der Waals surface area contributed by atoms with E-state index in [0.717, 1.165) is 11.3 Å². The van der Waals surface area contributed by atoms with Gasteiger partial charge in [-0.1, -0.05) is 37.5 Å². The van der Waals surface area contributed by atoms with Gasteiger partial charge in [-0.15, -0.1) is 11.8 Å². The van der Waals surface area contributed by atoms with E-state index in [2.05, 4.69) is 43.4 Å². The average Bonchev–Trinajstić information content (AvgIpc) is 2.41. The average molecular weight is 277 g/mol. The van der Waals surface area contributed by atoms with Gasteiger partial charge in [0.15, 0.2) is 0 Å². The standard InChI is InChI=1S/C16H23NOS/c1-12-7-9-14(10-8-12)19-11-16(18)17-15-6-4-3-5-13(15)2/h7-10,13,15H,3-6,11H2,1-2H3,(H,17,18)/t13-,15-/m1/s1. The van der Waals surface area contributed by atoms with Crippen molar-refractivity contribution in [3.05, 3.63) is 29.8 Å². The van der Waals surface area contributed by atoms with Crippen LogP contribution in [0.5, 0.6) is 0 Å². The smallest absolute Gasteiger partial charge is 0.230 e. The third kappa shape index (κ3) is 4.57. The second-order valence-electron chi connectivity index (χ2n) is 5.54. The van der Waals surface area contributed by atoms with Crippen molar-refractivity contribution in [2.24, 2.45) is 5.92 Å². The Morgan fingerprint density at radius 1 is 1.26 bits per heavy atom. The van der Waals surface area contributed by atoms with Crippen LogP contribution >= 0.6 is 11.8 Å². The van der Waals surface area contributed by atoms with Crippen LogP contribution in [0.2, 0.25) is 0 Å². The normalized spacial score (nSPS) is 23.1. The van der Waals surface area contributed by atoms with E-state index in [9.17, 15) is 4.79 Å². The number of thioether (sulfide) groups is 1. The molecule has 2 rings (SSSR count). The maximum atomic E-state index is 12.0. The number of amides is 1. The molecule has 1 fully saturated rings. The molecule has 0 saturated heterocycles. The van der Waals surface area contributed by atoms with E-state index >= 15 is 0 Å². The van der Waals surface area contributed by atoms with Crippen molar-refractivity contribution in [1.82, 2.24) is 5.32 Å². The molecule has 0 aliphatic heterocycles. The summed E-state index contributed by atoms with van der Waals surface area (Å²) in [6.07, 6.45) is 4.95. The summed E-state index contributed by atoms with van der Waals surface area (Å²) in [6.45, 7) is 4.32. The van der Waals surface area contributed by atoms with Gasteiger partial charge in [-0.2, -0.15) is 0 Å². The Hall–Kier alpha value is -0.960. The first kappa shape index (κ1) is 14.4. The van der Waals surface area contributed by atoms with Gasteiger partial charge in [0.2, 0.25) is 5.91 Å². The van der Waals surface area contributed by atoms with Gasteiger partial charge in [-0.25, -0.2) is 0 Å². The number of hydrogen-bond acceptors (Lipinski definition) is 2. The Bertz CT molecular complexity index is 415. The highest BCUT2D eigenvalue weighted by Crippen LogP contribution is 2.24. The maximum absolute atomic E-state index is 12.0. The van der Waals surface area contributed by atoms with E-state index in [1.807, 2.05) is 0 Å². The topological polar surface area (TPSA) is 29.1 Å². The van der Waals surface area contributed by atoms with Crippen LogP contribution in [0.15, 0.2) is 29.2 Å². The SMILES string of the molecule is Cc1ccc(SCC(=O)N[C@@H]2CCCC[C@H]2C)cc1. The quantitative estimate of drug-likeness (QED) is 0.849. The summed E-state index contributed by atoms with van der Waals surface area (Å²) < 4.78 is 0. The molecule has 0 spiro atoms. The lowest BCUT2D eigenvalue weighted by Crippen LogP contribution is -2.41. The number of rotatable bonds is 4. The molecule has 104 valence electrons. The molecule has 19 heavy (non-hydrogen) atoms. The zero-order valence-corrected chi connectivity index (χ0v) is 12.6. The monoisotopic (exact) mass is 277 g/mol. The van der Waals surface area contributed by atoms with Crippen LogP contribution in [0.25, 0.3) is 0 Å². The molecule has 1 aromatic carbocycles. The molecule has 2 nitrogen and oxygen atoms in total. The third-order valence-electron chi connectivity index (χ3n) is 3.85. The predicted octanol–water partition coefficient (Wildman–Crippen LogP) is 3.78. The van der Waals surface area contributed by atoms with Crippen molar-refractivity contribution < 1.29 is 4.79 Å². The van der Waals surface area contributed by atoms with Gasteiger partial charge >= 0.3 is 0 Å². The van der Waals surface area contributed by atoms with Crippen molar-refractivity contribution in [3.8, 4) is 0 Å². The number of carbonyl (C=O) groups excluding carboxylic acids is 1. The molecule has 1 aromatic rings. The number of hydrogen-bond donors (Lipinski definition) is 1. The van der Waals surface area contributed by atoms with Crippen LogP contribution in [-0.4, -0.2) is 17.7 Å². The number of carbonyl (C=O) groups is 1. The van der Waals surface area contributed by atoms with Gasteiger partial charge in [0.05, 0.1) is 5.75 Å². The molecular weight excluding hydrogens is 254 g/mol. The molecular formula is C16H23NOS. The molecule has 0 aromatic heterocycles. The molecule has 0 unspecified atom stereocenters. The van der Waals surface area contributed by atoms with E-state index in [-0.39, 0.29) is 5.91 Å². The predicted molar refractivity (Wildman–Crippen MR) is 81.5 cm³/mol. The van der Waals surface area contributed by atoms with E-state index in [1.165, 1.54) is 24.8 Å². The fourth-order valence-corrected chi connectivity index (χ4v) is 3.27. The highest BCUT2D eigenvalue weighted by atomic mass is 32.2. The Labute approximate surface area is 120 Å². The Kier molecular flexibility index (Phi) is 5.32. The van der Waals surface area contributed by atoms with Gasteiger partial charge in [0, 0.05) is 10.9 Å². The summed E-state index contributed by atoms with van der Waals surface area (Å²) in [6, 6.07) is 8.72. The number of nitrogens with one attached hydrogen (secondary N) is 1. The highest BCUT2D eigenvalue weighted by molar-refractivity contribution is 8.00. The van der Waals surface area contributed by atoms with Crippen LogP contribution in [-0.2, 0) is 4.79 Å². The molecule has 1 aliphatic carbocycles. The zero-order valence-electron chi connectivity index (χ0n) is 11.8. The fraction of sp³-hybridized carbons (Fsp3) is 0.562. The summed E-state index contributed by atoms with van der Waals surface area (Å²) in [7, 11) is 0.